The summed E-state index contributed by atoms with van der Waals surface area (Å²) < 4.78 is 4.88. The molecule has 5 rings (SSSR count). The predicted molar refractivity (Wildman–Crippen MR) is 155 cm³/mol. The maximum atomic E-state index is 13.6. The number of esters is 1. The lowest BCUT2D eigenvalue weighted by atomic mass is 9.98. The molecule has 0 amide bonds. The molecule has 0 bridgehead atoms. The summed E-state index contributed by atoms with van der Waals surface area (Å²) in [7, 11) is 1.33. The molecule has 8 heteroatoms. The fourth-order valence-corrected chi connectivity index (χ4v) is 5.78. The summed E-state index contributed by atoms with van der Waals surface area (Å²) in [5, 5.41) is 1.73. The number of methoxy groups -OCH3 is 1. The van der Waals surface area contributed by atoms with Crippen LogP contribution < -0.4 is 5.06 Å². The second-order valence-corrected chi connectivity index (χ2v) is 10.9. The summed E-state index contributed by atoms with van der Waals surface area (Å²) >= 11 is 3.37. The van der Waals surface area contributed by atoms with Gasteiger partial charge in [-0.25, -0.2) is 9.86 Å². The zero-order valence-corrected chi connectivity index (χ0v) is 23.5. The molecule has 1 fully saturated rings. The second kappa shape index (κ2) is 12.6. The van der Waals surface area contributed by atoms with Crippen molar-refractivity contribution in [1.29, 1.82) is 0 Å². The highest BCUT2D eigenvalue weighted by Crippen LogP contribution is 2.31. The molecule has 2 aliphatic rings. The Balaban J connectivity index is 1.50. The summed E-state index contributed by atoms with van der Waals surface area (Å²) in [4.78, 5) is 38.5. The van der Waals surface area contributed by atoms with Gasteiger partial charge < -0.3 is 9.57 Å². The first-order valence-electron chi connectivity index (χ1n) is 13.3. The van der Waals surface area contributed by atoms with Crippen molar-refractivity contribution in [1.82, 2.24) is 4.90 Å². The number of benzene rings is 3. The van der Waals surface area contributed by atoms with Crippen LogP contribution in [0, 0.1) is 0 Å². The number of aliphatic imine (C=N–C) groups is 1. The normalized spacial score (nSPS) is 21.6. The smallest absolute Gasteiger partial charge is 0.356 e. The van der Waals surface area contributed by atoms with Gasteiger partial charge in [0.25, 0.3) is 0 Å². The zero-order valence-electron chi connectivity index (χ0n) is 21.9. The average Bonchev–Trinajstić information content (AvgIpc) is 3.40. The first-order chi connectivity index (χ1) is 19.0. The van der Waals surface area contributed by atoms with E-state index in [9.17, 15) is 9.59 Å². The highest BCUT2D eigenvalue weighted by Gasteiger charge is 2.35. The molecule has 1 saturated heterocycles. The molecule has 3 unspecified atom stereocenters. The van der Waals surface area contributed by atoms with Gasteiger partial charge in [-0.1, -0.05) is 94.8 Å². The summed E-state index contributed by atoms with van der Waals surface area (Å²) in [5.41, 5.74) is 4.51. The van der Waals surface area contributed by atoms with Gasteiger partial charge in [0.1, 0.15) is 4.83 Å². The molecule has 0 spiro atoms. The van der Waals surface area contributed by atoms with Crippen LogP contribution in [0.5, 0.6) is 0 Å². The maximum Gasteiger partial charge on any atom is 0.356 e. The van der Waals surface area contributed by atoms with Gasteiger partial charge in [0, 0.05) is 30.1 Å². The quantitative estimate of drug-likeness (QED) is 0.267. The number of anilines is 1. The van der Waals surface area contributed by atoms with Crippen molar-refractivity contribution in [2.45, 2.75) is 42.7 Å². The van der Waals surface area contributed by atoms with E-state index in [0.717, 1.165) is 42.7 Å². The van der Waals surface area contributed by atoms with Gasteiger partial charge in [-0.05, 0) is 31.0 Å². The van der Waals surface area contributed by atoms with Crippen LogP contribution in [-0.4, -0.2) is 59.7 Å². The first-order valence-corrected chi connectivity index (χ1v) is 14.2. The number of ether oxygens (including phenoxy) is 1. The number of likely N-dealkylation sites (tertiary alicyclic amines) is 1. The Bertz CT molecular complexity index is 1320. The highest BCUT2D eigenvalue weighted by molar-refractivity contribution is 9.10. The number of carbonyl (C=O) groups excluding carboxylic acids is 2. The molecule has 39 heavy (non-hydrogen) atoms. The number of hydrogen-bond donors (Lipinski definition) is 0. The number of halogens is 1. The van der Waals surface area contributed by atoms with Gasteiger partial charge in [0.15, 0.2) is 6.04 Å². The molecule has 2 aliphatic heterocycles. The lowest BCUT2D eigenvalue weighted by Gasteiger charge is -2.34. The number of rotatable bonds is 8. The summed E-state index contributed by atoms with van der Waals surface area (Å²) in [6.07, 6.45) is 2.21. The number of nitrogens with zero attached hydrogens (tertiary/aromatic N) is 3. The van der Waals surface area contributed by atoms with Crippen LogP contribution in [0.1, 0.15) is 36.0 Å². The molecule has 3 aromatic rings. The van der Waals surface area contributed by atoms with E-state index in [1.165, 1.54) is 12.7 Å². The Labute approximate surface area is 237 Å². The molecule has 7 nitrogen and oxygen atoms in total. The Morgan fingerprint density at radius 2 is 1.74 bits per heavy atom. The maximum absolute atomic E-state index is 13.6. The third-order valence-electron chi connectivity index (χ3n) is 7.22. The van der Waals surface area contributed by atoms with Crippen molar-refractivity contribution in [3.63, 3.8) is 0 Å². The van der Waals surface area contributed by atoms with Gasteiger partial charge in [-0.2, -0.15) is 0 Å². The van der Waals surface area contributed by atoms with Crippen LogP contribution in [0.15, 0.2) is 89.9 Å². The second-order valence-electron chi connectivity index (χ2n) is 9.83. The third kappa shape index (κ3) is 6.40. The van der Waals surface area contributed by atoms with Crippen molar-refractivity contribution in [3.8, 4) is 0 Å². The Hall–Kier alpha value is -3.49. The van der Waals surface area contributed by atoms with E-state index < -0.39 is 22.8 Å². The van der Waals surface area contributed by atoms with E-state index in [4.69, 9.17) is 14.6 Å². The monoisotopic (exact) mass is 589 g/mol. The van der Waals surface area contributed by atoms with Crippen molar-refractivity contribution in [2.24, 2.45) is 4.99 Å². The van der Waals surface area contributed by atoms with Crippen LogP contribution in [0.25, 0.3) is 0 Å². The lowest BCUT2D eigenvalue weighted by molar-refractivity contribution is -0.147. The lowest BCUT2D eigenvalue weighted by Crippen LogP contribution is -2.44. The van der Waals surface area contributed by atoms with Gasteiger partial charge >= 0.3 is 11.9 Å². The minimum absolute atomic E-state index is 0.113. The zero-order chi connectivity index (χ0) is 27.2. The molecule has 0 saturated carbocycles. The number of alkyl halides is 1. The van der Waals surface area contributed by atoms with Crippen LogP contribution in [0.3, 0.4) is 0 Å². The van der Waals surface area contributed by atoms with E-state index >= 15 is 0 Å². The number of para-hydroxylation sites is 1. The van der Waals surface area contributed by atoms with Crippen molar-refractivity contribution < 1.29 is 19.2 Å². The first kappa shape index (κ1) is 27.1. The topological polar surface area (TPSA) is 71.4 Å². The summed E-state index contributed by atoms with van der Waals surface area (Å²) in [5.74, 6) is -0.958. The van der Waals surface area contributed by atoms with Crippen LogP contribution in [0.2, 0.25) is 0 Å². The van der Waals surface area contributed by atoms with E-state index in [0.29, 0.717) is 12.3 Å². The van der Waals surface area contributed by atoms with Crippen LogP contribution in [-0.2, 0) is 25.7 Å². The van der Waals surface area contributed by atoms with Crippen LogP contribution in [0.4, 0.5) is 5.69 Å². The fourth-order valence-electron chi connectivity index (χ4n) is 5.24. The van der Waals surface area contributed by atoms with Crippen molar-refractivity contribution >= 4 is 39.3 Å². The van der Waals surface area contributed by atoms with E-state index in [1.54, 1.807) is 5.06 Å². The molecule has 0 N–H and O–H groups in total. The Kier molecular flexibility index (Phi) is 8.74. The average molecular weight is 591 g/mol. The van der Waals surface area contributed by atoms with Crippen LogP contribution >= 0.6 is 15.9 Å². The standard InChI is InChI=1S/C31H32BrN3O4/c1-38-30(36)26(32)19-27-31(37)39-35(21-24-15-10-18-34(24)20-22-11-4-2-5-12-22)28-17-9-8-16-25(28)29(33-27)23-13-6-3-7-14-23/h2-9,11-14,16-17,24,26-27H,10,15,18-21H2,1H3/b33-29+. The third-order valence-corrected chi connectivity index (χ3v) is 7.97. The van der Waals surface area contributed by atoms with Gasteiger partial charge in [-0.15, -0.1) is 0 Å². The minimum Gasteiger partial charge on any atom is -0.468 e. The number of hydrogen-bond acceptors (Lipinski definition) is 7. The van der Waals surface area contributed by atoms with E-state index in [2.05, 4.69) is 45.1 Å². The highest BCUT2D eigenvalue weighted by atomic mass is 79.9. The number of carbonyl (C=O) groups is 2. The summed E-state index contributed by atoms with van der Waals surface area (Å²) in [6, 6.07) is 27.5. The van der Waals surface area contributed by atoms with E-state index in [1.807, 2.05) is 60.7 Å². The molecule has 202 valence electrons. The molecule has 0 radical (unpaired) electrons. The van der Waals surface area contributed by atoms with Crippen molar-refractivity contribution in [2.75, 3.05) is 25.3 Å². The molecular formula is C31H32BrN3O4. The van der Waals surface area contributed by atoms with E-state index in [-0.39, 0.29) is 12.5 Å². The molecule has 3 aromatic carbocycles. The molecular weight excluding hydrogens is 558 g/mol. The Morgan fingerprint density at radius 3 is 2.49 bits per heavy atom. The minimum atomic E-state index is -0.900. The molecule has 0 aliphatic carbocycles. The number of fused-ring (bicyclic) bond motifs is 1. The fraction of sp³-hybridized carbons (Fsp3) is 0.323. The largest absolute Gasteiger partial charge is 0.468 e. The van der Waals surface area contributed by atoms with Gasteiger partial charge in [-0.3, -0.25) is 14.7 Å². The molecule has 0 aromatic heterocycles. The number of hydroxylamine groups is 1. The van der Waals surface area contributed by atoms with Gasteiger partial charge in [0.2, 0.25) is 0 Å². The predicted octanol–water partition coefficient (Wildman–Crippen LogP) is 5.16. The van der Waals surface area contributed by atoms with Gasteiger partial charge in [0.05, 0.1) is 25.1 Å². The van der Waals surface area contributed by atoms with Crippen molar-refractivity contribution in [3.05, 3.63) is 102 Å². The molecule has 3 atom stereocenters. The SMILES string of the molecule is COC(=O)C(Br)CC1/N=C(\c2ccccc2)c2ccccc2N(CC2CCCN2Cc2ccccc2)OC1=O. The summed E-state index contributed by atoms with van der Waals surface area (Å²) in [6.45, 7) is 2.37. The molecule has 2 heterocycles. The Morgan fingerprint density at radius 1 is 1.05 bits per heavy atom.